The van der Waals surface area contributed by atoms with Gasteiger partial charge in [0.15, 0.2) is 0 Å². The van der Waals surface area contributed by atoms with Gasteiger partial charge in [0.1, 0.15) is 11.4 Å². The number of carboxylic acids is 1. The number of methoxy groups -OCH3 is 1. The zero-order valence-electron chi connectivity index (χ0n) is 16.2. The number of aromatic amines is 1. The van der Waals surface area contributed by atoms with Crippen LogP contribution in [0.4, 0.5) is 0 Å². The third-order valence-electron chi connectivity index (χ3n) is 5.61. The second-order valence-electron chi connectivity index (χ2n) is 7.35. The zero-order valence-corrected chi connectivity index (χ0v) is 16.2. The van der Waals surface area contributed by atoms with Gasteiger partial charge in [-0.1, -0.05) is 37.6 Å². The minimum absolute atomic E-state index is 0.0292. The van der Waals surface area contributed by atoms with Crippen LogP contribution in [0, 0.1) is 0 Å². The van der Waals surface area contributed by atoms with Crippen LogP contribution in [0.15, 0.2) is 42.5 Å². The molecule has 0 saturated carbocycles. The minimum Gasteiger partial charge on any atom is -0.497 e. The normalized spacial score (nSPS) is 18.8. The summed E-state index contributed by atoms with van der Waals surface area (Å²) in [6.45, 7) is 2.59. The van der Waals surface area contributed by atoms with Gasteiger partial charge >= 0.3 is 5.97 Å². The molecule has 0 fully saturated rings. The van der Waals surface area contributed by atoms with E-state index in [-0.39, 0.29) is 6.42 Å². The molecule has 146 valence electrons. The van der Waals surface area contributed by atoms with Gasteiger partial charge < -0.3 is 19.6 Å². The highest BCUT2D eigenvalue weighted by Gasteiger charge is 2.41. The molecule has 1 atom stereocenters. The number of benzene rings is 2. The Bertz CT molecular complexity index is 1010. The van der Waals surface area contributed by atoms with Crippen molar-refractivity contribution in [2.75, 3.05) is 13.7 Å². The number of ether oxygens (including phenoxy) is 2. The molecule has 0 radical (unpaired) electrons. The van der Waals surface area contributed by atoms with Crippen LogP contribution in [-0.2, 0) is 21.6 Å². The Kier molecular flexibility index (Phi) is 4.85. The first-order chi connectivity index (χ1) is 13.6. The average molecular weight is 379 g/mol. The van der Waals surface area contributed by atoms with Crippen LogP contribution in [0.3, 0.4) is 0 Å². The van der Waals surface area contributed by atoms with E-state index in [9.17, 15) is 9.90 Å². The lowest BCUT2D eigenvalue weighted by Crippen LogP contribution is -2.37. The largest absolute Gasteiger partial charge is 0.497 e. The van der Waals surface area contributed by atoms with Crippen LogP contribution in [0.5, 0.6) is 5.75 Å². The summed E-state index contributed by atoms with van der Waals surface area (Å²) in [6, 6.07) is 14.2. The Morgan fingerprint density at radius 3 is 2.71 bits per heavy atom. The van der Waals surface area contributed by atoms with Crippen LogP contribution >= 0.6 is 0 Å². The monoisotopic (exact) mass is 379 g/mol. The van der Waals surface area contributed by atoms with E-state index in [1.165, 1.54) is 5.56 Å². The van der Waals surface area contributed by atoms with E-state index >= 15 is 0 Å². The van der Waals surface area contributed by atoms with Crippen molar-refractivity contribution in [3.8, 4) is 16.9 Å². The summed E-state index contributed by atoms with van der Waals surface area (Å²) >= 11 is 0. The molecule has 4 rings (SSSR count). The van der Waals surface area contributed by atoms with Crippen molar-refractivity contribution in [2.24, 2.45) is 0 Å². The highest BCUT2D eigenvalue weighted by Crippen LogP contribution is 2.44. The van der Waals surface area contributed by atoms with Gasteiger partial charge in [0.05, 0.1) is 25.8 Å². The quantitative estimate of drug-likeness (QED) is 0.640. The SMILES string of the molecule is CCCC1(CC(=O)O)OCCc2c1[nH]c1cccc(-c3ccc(OC)cc3)c21. The Labute approximate surface area is 164 Å². The van der Waals surface area contributed by atoms with E-state index in [0.717, 1.165) is 46.3 Å². The number of rotatable bonds is 6. The van der Waals surface area contributed by atoms with Gasteiger partial charge in [-0.05, 0) is 47.7 Å². The summed E-state index contributed by atoms with van der Waals surface area (Å²) < 4.78 is 11.4. The number of H-pyrrole nitrogens is 1. The fraction of sp³-hybridized carbons (Fsp3) is 0.348. The van der Waals surface area contributed by atoms with Crippen LogP contribution in [-0.4, -0.2) is 29.8 Å². The second-order valence-corrected chi connectivity index (χ2v) is 7.35. The molecule has 5 heteroatoms. The van der Waals surface area contributed by atoms with Gasteiger partial charge in [-0.25, -0.2) is 0 Å². The summed E-state index contributed by atoms with van der Waals surface area (Å²) in [5, 5.41) is 10.7. The highest BCUT2D eigenvalue weighted by atomic mass is 16.5. The molecule has 0 spiro atoms. The smallest absolute Gasteiger partial charge is 0.306 e. The van der Waals surface area contributed by atoms with E-state index in [0.29, 0.717) is 13.0 Å². The topological polar surface area (TPSA) is 71.5 Å². The minimum atomic E-state index is -0.838. The lowest BCUT2D eigenvalue weighted by Gasteiger charge is -2.36. The Morgan fingerprint density at radius 2 is 2.04 bits per heavy atom. The van der Waals surface area contributed by atoms with Gasteiger partial charge in [0, 0.05) is 10.9 Å². The molecule has 1 aliphatic rings. The van der Waals surface area contributed by atoms with Crippen molar-refractivity contribution in [1.82, 2.24) is 4.98 Å². The first-order valence-corrected chi connectivity index (χ1v) is 9.72. The van der Waals surface area contributed by atoms with E-state index in [4.69, 9.17) is 9.47 Å². The molecule has 1 unspecified atom stereocenters. The maximum absolute atomic E-state index is 11.6. The zero-order chi connectivity index (χ0) is 19.7. The fourth-order valence-electron chi connectivity index (χ4n) is 4.46. The van der Waals surface area contributed by atoms with Crippen molar-refractivity contribution in [1.29, 1.82) is 0 Å². The molecule has 0 bridgehead atoms. The van der Waals surface area contributed by atoms with E-state index in [1.807, 2.05) is 18.2 Å². The number of carboxylic acid groups (broad SMARTS) is 1. The van der Waals surface area contributed by atoms with Gasteiger partial charge in [0.2, 0.25) is 0 Å². The number of hydrogen-bond acceptors (Lipinski definition) is 3. The lowest BCUT2D eigenvalue weighted by atomic mass is 9.84. The maximum atomic E-state index is 11.6. The van der Waals surface area contributed by atoms with Crippen molar-refractivity contribution >= 4 is 16.9 Å². The van der Waals surface area contributed by atoms with Gasteiger partial charge in [-0.15, -0.1) is 0 Å². The second kappa shape index (κ2) is 7.32. The predicted molar refractivity (Wildman–Crippen MR) is 109 cm³/mol. The first-order valence-electron chi connectivity index (χ1n) is 9.72. The molecular weight excluding hydrogens is 354 g/mol. The Balaban J connectivity index is 1.91. The number of fused-ring (bicyclic) bond motifs is 3. The van der Waals surface area contributed by atoms with E-state index in [2.05, 4.69) is 36.2 Å². The summed E-state index contributed by atoms with van der Waals surface area (Å²) in [4.78, 5) is 15.1. The molecule has 3 aromatic rings. The lowest BCUT2D eigenvalue weighted by molar-refractivity contribution is -0.149. The van der Waals surface area contributed by atoms with Crippen LogP contribution in [0.1, 0.15) is 37.4 Å². The molecular formula is C23H25NO4. The summed E-state index contributed by atoms with van der Waals surface area (Å²) in [7, 11) is 1.66. The van der Waals surface area contributed by atoms with Gasteiger partial charge in [-0.2, -0.15) is 0 Å². The van der Waals surface area contributed by atoms with Crippen molar-refractivity contribution in [2.45, 2.75) is 38.2 Å². The highest BCUT2D eigenvalue weighted by molar-refractivity contribution is 5.99. The third-order valence-corrected chi connectivity index (χ3v) is 5.61. The van der Waals surface area contributed by atoms with E-state index in [1.54, 1.807) is 7.11 Å². The molecule has 1 aliphatic heterocycles. The summed E-state index contributed by atoms with van der Waals surface area (Å²) in [5.74, 6) is -0.0147. The maximum Gasteiger partial charge on any atom is 0.306 e. The molecule has 0 amide bonds. The fourth-order valence-corrected chi connectivity index (χ4v) is 4.46. The predicted octanol–water partition coefficient (Wildman–Crippen LogP) is 4.89. The number of aliphatic carboxylic acids is 1. The molecule has 28 heavy (non-hydrogen) atoms. The number of carbonyl (C=O) groups is 1. The van der Waals surface area contributed by atoms with Crippen molar-refractivity contribution in [3.63, 3.8) is 0 Å². The van der Waals surface area contributed by atoms with Gasteiger partial charge in [0.25, 0.3) is 0 Å². The molecule has 5 nitrogen and oxygen atoms in total. The molecule has 2 N–H and O–H groups in total. The number of hydrogen-bond donors (Lipinski definition) is 2. The standard InChI is InChI=1S/C23H25NO4/c1-3-12-23(14-20(25)26)22-18(11-13-28-23)21-17(5-4-6-19(21)24-22)15-7-9-16(27-2)10-8-15/h4-10,24H,3,11-14H2,1-2H3,(H,25,26). The van der Waals surface area contributed by atoms with Crippen molar-refractivity contribution < 1.29 is 19.4 Å². The van der Waals surface area contributed by atoms with Crippen LogP contribution in [0.2, 0.25) is 0 Å². The Hall–Kier alpha value is -2.79. The van der Waals surface area contributed by atoms with Crippen LogP contribution in [0.25, 0.3) is 22.0 Å². The number of nitrogens with one attached hydrogen (secondary N) is 1. The molecule has 1 aromatic heterocycles. The first kappa shape index (κ1) is 18.6. The van der Waals surface area contributed by atoms with Crippen LogP contribution < -0.4 is 4.74 Å². The molecule has 0 saturated heterocycles. The summed E-state index contributed by atoms with van der Waals surface area (Å²) in [6.07, 6.45) is 2.27. The van der Waals surface area contributed by atoms with E-state index < -0.39 is 11.6 Å². The molecule has 2 aromatic carbocycles. The number of aromatic nitrogens is 1. The Morgan fingerprint density at radius 1 is 1.25 bits per heavy atom. The summed E-state index contributed by atoms with van der Waals surface area (Å²) in [5.41, 5.74) is 4.60. The molecule has 2 heterocycles. The third kappa shape index (κ3) is 3.06. The van der Waals surface area contributed by atoms with Crippen molar-refractivity contribution in [3.05, 3.63) is 53.7 Å². The molecule has 0 aliphatic carbocycles. The van der Waals surface area contributed by atoms with Gasteiger partial charge in [-0.3, -0.25) is 4.79 Å². The average Bonchev–Trinajstić information content (AvgIpc) is 3.08.